The van der Waals surface area contributed by atoms with Crippen molar-refractivity contribution in [2.45, 2.75) is 31.1 Å². The number of rotatable bonds is 5. The molecule has 3 N–H and O–H groups in total. The van der Waals surface area contributed by atoms with Crippen LogP contribution in [0.25, 0.3) is 0 Å². The minimum atomic E-state index is 0.106. The van der Waals surface area contributed by atoms with Crippen LogP contribution in [0.3, 0.4) is 0 Å². The zero-order valence-electron chi connectivity index (χ0n) is 10.0. The molecule has 1 aromatic carbocycles. The number of amides is 1. The van der Waals surface area contributed by atoms with Gasteiger partial charge in [0.15, 0.2) is 0 Å². The SMILES string of the molecule is CCCSc1ccc(N)c(NC(=O)C2CC2)c1. The van der Waals surface area contributed by atoms with Crippen LogP contribution in [0.1, 0.15) is 26.2 Å². The summed E-state index contributed by atoms with van der Waals surface area (Å²) in [4.78, 5) is 12.8. The molecule has 17 heavy (non-hydrogen) atoms. The van der Waals surface area contributed by atoms with E-state index in [2.05, 4.69) is 12.2 Å². The van der Waals surface area contributed by atoms with Crippen LogP contribution < -0.4 is 11.1 Å². The molecule has 0 aliphatic heterocycles. The first-order valence-electron chi connectivity index (χ1n) is 6.04. The highest BCUT2D eigenvalue weighted by molar-refractivity contribution is 7.99. The molecule has 1 saturated carbocycles. The fourth-order valence-electron chi connectivity index (χ4n) is 1.53. The average molecular weight is 250 g/mol. The Kier molecular flexibility index (Phi) is 3.94. The van der Waals surface area contributed by atoms with Gasteiger partial charge < -0.3 is 11.1 Å². The maximum absolute atomic E-state index is 11.7. The predicted octanol–water partition coefficient (Wildman–Crippen LogP) is 3.12. The molecule has 0 heterocycles. The molecule has 0 radical (unpaired) electrons. The standard InChI is InChI=1S/C13H18N2OS/c1-2-7-17-10-5-6-11(14)12(8-10)15-13(16)9-3-4-9/h5-6,8-9H,2-4,7,14H2,1H3,(H,15,16). The van der Waals surface area contributed by atoms with Crippen molar-refractivity contribution in [2.75, 3.05) is 16.8 Å². The lowest BCUT2D eigenvalue weighted by atomic mass is 10.2. The van der Waals surface area contributed by atoms with Crippen LogP contribution in [-0.4, -0.2) is 11.7 Å². The van der Waals surface area contributed by atoms with Crippen LogP contribution in [0, 0.1) is 5.92 Å². The number of nitrogens with one attached hydrogen (secondary N) is 1. The molecule has 0 bridgehead atoms. The van der Waals surface area contributed by atoms with E-state index in [9.17, 15) is 4.79 Å². The molecule has 0 saturated heterocycles. The van der Waals surface area contributed by atoms with Crippen molar-refractivity contribution >= 4 is 29.0 Å². The van der Waals surface area contributed by atoms with Crippen molar-refractivity contribution in [1.82, 2.24) is 0 Å². The Labute approximate surface area is 106 Å². The van der Waals surface area contributed by atoms with E-state index in [1.807, 2.05) is 18.2 Å². The van der Waals surface area contributed by atoms with Crippen molar-refractivity contribution in [3.05, 3.63) is 18.2 Å². The lowest BCUT2D eigenvalue weighted by Crippen LogP contribution is -2.14. The summed E-state index contributed by atoms with van der Waals surface area (Å²) in [5.41, 5.74) is 7.25. The van der Waals surface area contributed by atoms with Crippen LogP contribution in [0.2, 0.25) is 0 Å². The van der Waals surface area contributed by atoms with Crippen LogP contribution in [-0.2, 0) is 4.79 Å². The molecule has 1 aliphatic rings. The van der Waals surface area contributed by atoms with Gasteiger partial charge in [0.25, 0.3) is 0 Å². The highest BCUT2D eigenvalue weighted by Gasteiger charge is 2.29. The molecule has 0 aromatic heterocycles. The zero-order valence-corrected chi connectivity index (χ0v) is 10.8. The van der Waals surface area contributed by atoms with E-state index in [0.29, 0.717) is 5.69 Å². The van der Waals surface area contributed by atoms with Gasteiger partial charge in [0, 0.05) is 10.8 Å². The normalized spacial score (nSPS) is 14.6. The van der Waals surface area contributed by atoms with Crippen LogP contribution in [0.5, 0.6) is 0 Å². The van der Waals surface area contributed by atoms with E-state index in [4.69, 9.17) is 5.73 Å². The van der Waals surface area contributed by atoms with Gasteiger partial charge in [-0.3, -0.25) is 4.79 Å². The molecule has 1 fully saturated rings. The molecular weight excluding hydrogens is 232 g/mol. The molecule has 3 nitrogen and oxygen atoms in total. The van der Waals surface area contributed by atoms with Gasteiger partial charge in [0.05, 0.1) is 11.4 Å². The number of carbonyl (C=O) groups excluding carboxylic acids is 1. The fraction of sp³-hybridized carbons (Fsp3) is 0.462. The Morgan fingerprint density at radius 1 is 1.53 bits per heavy atom. The summed E-state index contributed by atoms with van der Waals surface area (Å²) in [6.45, 7) is 2.15. The van der Waals surface area contributed by atoms with Crippen molar-refractivity contribution in [1.29, 1.82) is 0 Å². The molecule has 92 valence electrons. The van der Waals surface area contributed by atoms with E-state index in [1.165, 1.54) is 0 Å². The summed E-state index contributed by atoms with van der Waals surface area (Å²) in [5, 5.41) is 2.91. The zero-order chi connectivity index (χ0) is 12.3. The Bertz CT molecular complexity index is 416. The molecule has 0 atom stereocenters. The lowest BCUT2D eigenvalue weighted by molar-refractivity contribution is -0.117. The Hall–Kier alpha value is -1.16. The second-order valence-corrected chi connectivity index (χ2v) is 5.53. The maximum atomic E-state index is 11.7. The summed E-state index contributed by atoms with van der Waals surface area (Å²) in [6.07, 6.45) is 3.16. The third-order valence-corrected chi connectivity index (χ3v) is 3.90. The van der Waals surface area contributed by atoms with Gasteiger partial charge in [-0.15, -0.1) is 11.8 Å². The molecule has 0 unspecified atom stereocenters. The van der Waals surface area contributed by atoms with E-state index in [0.717, 1.165) is 35.6 Å². The quantitative estimate of drug-likeness (QED) is 0.623. The van der Waals surface area contributed by atoms with E-state index in [1.54, 1.807) is 11.8 Å². The van der Waals surface area contributed by atoms with E-state index in [-0.39, 0.29) is 11.8 Å². The van der Waals surface area contributed by atoms with E-state index >= 15 is 0 Å². The number of carbonyl (C=O) groups is 1. The van der Waals surface area contributed by atoms with Crippen LogP contribution in [0.4, 0.5) is 11.4 Å². The molecule has 2 rings (SSSR count). The molecule has 0 spiro atoms. The number of nitrogen functional groups attached to an aromatic ring is 1. The summed E-state index contributed by atoms with van der Waals surface area (Å²) >= 11 is 1.79. The molecular formula is C13H18N2OS. The second kappa shape index (κ2) is 5.45. The van der Waals surface area contributed by atoms with Crippen LogP contribution in [0.15, 0.2) is 23.1 Å². The Morgan fingerprint density at radius 2 is 2.29 bits per heavy atom. The topological polar surface area (TPSA) is 55.1 Å². The average Bonchev–Trinajstić information content (AvgIpc) is 3.14. The second-order valence-electron chi connectivity index (χ2n) is 4.36. The minimum Gasteiger partial charge on any atom is -0.397 e. The third kappa shape index (κ3) is 3.40. The number of thioether (sulfide) groups is 1. The van der Waals surface area contributed by atoms with Gasteiger partial charge in [-0.1, -0.05) is 6.92 Å². The van der Waals surface area contributed by atoms with Crippen molar-refractivity contribution in [2.24, 2.45) is 5.92 Å². The van der Waals surface area contributed by atoms with Gasteiger partial charge in [0.1, 0.15) is 0 Å². The first-order chi connectivity index (χ1) is 8.20. The fourth-order valence-corrected chi connectivity index (χ4v) is 2.34. The summed E-state index contributed by atoms with van der Waals surface area (Å²) < 4.78 is 0. The predicted molar refractivity (Wildman–Crippen MR) is 73.2 cm³/mol. The van der Waals surface area contributed by atoms with Gasteiger partial charge in [-0.05, 0) is 43.2 Å². The van der Waals surface area contributed by atoms with Crippen molar-refractivity contribution in [3.63, 3.8) is 0 Å². The molecule has 4 heteroatoms. The van der Waals surface area contributed by atoms with Gasteiger partial charge >= 0.3 is 0 Å². The summed E-state index contributed by atoms with van der Waals surface area (Å²) in [7, 11) is 0. The van der Waals surface area contributed by atoms with Crippen molar-refractivity contribution in [3.8, 4) is 0 Å². The van der Waals surface area contributed by atoms with Crippen molar-refractivity contribution < 1.29 is 4.79 Å². The number of nitrogens with two attached hydrogens (primary N) is 1. The highest BCUT2D eigenvalue weighted by atomic mass is 32.2. The third-order valence-electron chi connectivity index (χ3n) is 2.70. The van der Waals surface area contributed by atoms with Crippen LogP contribution >= 0.6 is 11.8 Å². The number of hydrogen-bond donors (Lipinski definition) is 2. The van der Waals surface area contributed by atoms with Gasteiger partial charge in [0.2, 0.25) is 5.91 Å². The molecule has 1 amide bonds. The first kappa shape index (κ1) is 12.3. The number of hydrogen-bond acceptors (Lipinski definition) is 3. The Morgan fingerprint density at radius 3 is 2.94 bits per heavy atom. The largest absolute Gasteiger partial charge is 0.397 e. The summed E-state index contributed by atoms with van der Waals surface area (Å²) in [5.74, 6) is 1.40. The lowest BCUT2D eigenvalue weighted by Gasteiger charge is -2.09. The number of benzene rings is 1. The van der Waals surface area contributed by atoms with E-state index < -0.39 is 0 Å². The Balaban J connectivity index is 2.05. The first-order valence-corrected chi connectivity index (χ1v) is 7.02. The van der Waals surface area contributed by atoms with Gasteiger partial charge in [-0.2, -0.15) is 0 Å². The van der Waals surface area contributed by atoms with Gasteiger partial charge in [-0.25, -0.2) is 0 Å². The monoisotopic (exact) mass is 250 g/mol. The summed E-state index contributed by atoms with van der Waals surface area (Å²) in [6, 6.07) is 5.83. The molecule has 1 aromatic rings. The highest BCUT2D eigenvalue weighted by Crippen LogP contribution is 2.32. The number of anilines is 2. The maximum Gasteiger partial charge on any atom is 0.227 e. The minimum absolute atomic E-state index is 0.106. The molecule has 1 aliphatic carbocycles. The smallest absolute Gasteiger partial charge is 0.227 e.